The Balaban J connectivity index is -0.000000125. The molecule has 0 rings (SSSR count). The van der Waals surface area contributed by atoms with E-state index in [2.05, 4.69) is 6.58 Å². The maximum Gasteiger partial charge on any atom is 0.0769 e. The van der Waals surface area contributed by atoms with Crippen molar-refractivity contribution in [1.29, 1.82) is 0 Å². The maximum absolute atomic E-state index is 8.71. The minimum absolute atomic E-state index is 0. The highest BCUT2D eigenvalue weighted by Gasteiger charge is 2.02. The van der Waals surface area contributed by atoms with E-state index >= 15 is 0 Å². The molecule has 0 bridgehead atoms. The molecule has 8 heavy (non-hydrogen) atoms. The number of hydrogen-bond donors (Lipinski definition) is 3. The van der Waals surface area contributed by atoms with Crippen LogP contribution in [0.15, 0.2) is 12.7 Å². The first-order valence-corrected chi connectivity index (χ1v) is 1.92. The Morgan fingerprint density at radius 3 is 1.50 bits per heavy atom. The zero-order valence-electron chi connectivity index (χ0n) is 5.65. The molecule has 0 spiro atoms. The van der Waals surface area contributed by atoms with Gasteiger partial charge in [0.05, 0.1) is 5.60 Å². The first kappa shape index (κ1) is 15.6. The molecule has 52 valence electrons. The Labute approximate surface area is 50.6 Å². The highest BCUT2D eigenvalue weighted by Crippen LogP contribution is 1.98. The van der Waals surface area contributed by atoms with E-state index in [-0.39, 0.29) is 12.3 Å². The van der Waals surface area contributed by atoms with Gasteiger partial charge in [-0.3, -0.25) is 0 Å². The van der Waals surface area contributed by atoms with Crippen molar-refractivity contribution in [3.05, 3.63) is 12.7 Å². The van der Waals surface area contributed by atoms with Crippen molar-refractivity contribution in [2.45, 2.75) is 19.4 Å². The fraction of sp³-hybridized carbons (Fsp3) is 0.600. The molecule has 0 aliphatic rings. The van der Waals surface area contributed by atoms with Gasteiger partial charge in [-0.05, 0) is 13.8 Å². The van der Waals surface area contributed by atoms with Crippen LogP contribution in [-0.2, 0) is 0 Å². The summed E-state index contributed by atoms with van der Waals surface area (Å²) in [4.78, 5) is 0. The molecule has 7 N–H and O–H groups in total. The molecule has 3 heteroatoms. The molecule has 0 aromatic heterocycles. The largest absolute Gasteiger partial charge is 0.386 e. The Hall–Kier alpha value is -0.380. The van der Waals surface area contributed by atoms with Crippen molar-refractivity contribution < 1.29 is 5.11 Å². The van der Waals surface area contributed by atoms with E-state index in [0.717, 1.165) is 0 Å². The summed E-state index contributed by atoms with van der Waals surface area (Å²) in [6, 6.07) is 0. The zero-order chi connectivity index (χ0) is 5.21. The summed E-state index contributed by atoms with van der Waals surface area (Å²) in [6.07, 6.45) is 1.49. The van der Waals surface area contributed by atoms with Gasteiger partial charge < -0.3 is 17.4 Å². The smallest absolute Gasteiger partial charge is 0.0769 e. The second-order valence-electron chi connectivity index (χ2n) is 1.86. The van der Waals surface area contributed by atoms with Gasteiger partial charge in [-0.1, -0.05) is 6.08 Å². The van der Waals surface area contributed by atoms with E-state index in [1.807, 2.05) is 0 Å². The molecular weight excluding hydrogens is 104 g/mol. The minimum atomic E-state index is -0.694. The monoisotopic (exact) mass is 120 g/mol. The van der Waals surface area contributed by atoms with Crippen LogP contribution in [0.5, 0.6) is 0 Å². The number of aliphatic hydroxyl groups is 1. The van der Waals surface area contributed by atoms with Crippen LogP contribution in [0, 0.1) is 0 Å². The normalized spacial score (nSPS) is 8.38. The summed E-state index contributed by atoms with van der Waals surface area (Å²) in [5, 5.41) is 8.71. The summed E-state index contributed by atoms with van der Waals surface area (Å²) in [5.74, 6) is 0. The average Bonchev–Trinajstić information content (AvgIpc) is 1.35. The van der Waals surface area contributed by atoms with Gasteiger partial charge in [-0.2, -0.15) is 0 Å². The van der Waals surface area contributed by atoms with Crippen LogP contribution >= 0.6 is 0 Å². The number of hydrogen-bond acceptors (Lipinski definition) is 3. The van der Waals surface area contributed by atoms with Crippen LogP contribution in [0.1, 0.15) is 13.8 Å². The molecular formula is C5H16N2O. The maximum atomic E-state index is 8.71. The summed E-state index contributed by atoms with van der Waals surface area (Å²) < 4.78 is 0. The average molecular weight is 120 g/mol. The van der Waals surface area contributed by atoms with Gasteiger partial charge >= 0.3 is 0 Å². The number of rotatable bonds is 1. The topological polar surface area (TPSA) is 90.2 Å². The van der Waals surface area contributed by atoms with Crippen LogP contribution in [-0.4, -0.2) is 10.7 Å². The van der Waals surface area contributed by atoms with Crippen LogP contribution < -0.4 is 12.3 Å². The van der Waals surface area contributed by atoms with Crippen LogP contribution in [0.4, 0.5) is 0 Å². The molecule has 0 aromatic carbocycles. The third kappa shape index (κ3) is 17.5. The molecule has 0 fully saturated rings. The third-order valence-electron chi connectivity index (χ3n) is 0.500. The van der Waals surface area contributed by atoms with Gasteiger partial charge in [-0.25, -0.2) is 0 Å². The van der Waals surface area contributed by atoms with Crippen LogP contribution in [0.25, 0.3) is 0 Å². The summed E-state index contributed by atoms with van der Waals surface area (Å²) in [6.45, 7) is 6.74. The molecule has 0 heterocycles. The van der Waals surface area contributed by atoms with Crippen molar-refractivity contribution >= 4 is 0 Å². The molecule has 0 radical (unpaired) electrons. The molecule has 0 aliphatic heterocycles. The Bertz CT molecular complexity index is 55.9. The van der Waals surface area contributed by atoms with Crippen molar-refractivity contribution in [2.75, 3.05) is 0 Å². The predicted molar refractivity (Wildman–Crippen MR) is 36.5 cm³/mol. The second-order valence-corrected chi connectivity index (χ2v) is 1.86. The van der Waals surface area contributed by atoms with Gasteiger partial charge in [0.2, 0.25) is 0 Å². The highest BCUT2D eigenvalue weighted by molar-refractivity contribution is 4.86. The van der Waals surface area contributed by atoms with Crippen molar-refractivity contribution in [3.63, 3.8) is 0 Å². The van der Waals surface area contributed by atoms with Gasteiger partial charge in [-0.15, -0.1) is 6.58 Å². The van der Waals surface area contributed by atoms with Crippen molar-refractivity contribution in [3.8, 4) is 0 Å². The van der Waals surface area contributed by atoms with Crippen molar-refractivity contribution in [1.82, 2.24) is 12.3 Å². The van der Waals surface area contributed by atoms with E-state index in [0.29, 0.717) is 0 Å². The van der Waals surface area contributed by atoms with E-state index in [4.69, 9.17) is 5.11 Å². The van der Waals surface area contributed by atoms with E-state index < -0.39 is 5.60 Å². The van der Waals surface area contributed by atoms with E-state index in [9.17, 15) is 0 Å². The molecule has 0 atom stereocenters. The first-order valence-electron chi connectivity index (χ1n) is 1.92. The van der Waals surface area contributed by atoms with E-state index in [1.165, 1.54) is 6.08 Å². The first-order chi connectivity index (χ1) is 2.56. The standard InChI is InChI=1S/C5H10O.2H3N/c1-4-5(2,3)6;;/h4,6H,1H2,2-3H3;2*1H3. The zero-order valence-corrected chi connectivity index (χ0v) is 5.65. The summed E-state index contributed by atoms with van der Waals surface area (Å²) >= 11 is 0. The molecule has 0 unspecified atom stereocenters. The third-order valence-corrected chi connectivity index (χ3v) is 0.500. The van der Waals surface area contributed by atoms with Gasteiger partial charge in [0.1, 0.15) is 0 Å². The lowest BCUT2D eigenvalue weighted by Crippen LogP contribution is -2.12. The quantitative estimate of drug-likeness (QED) is 0.455. The lowest BCUT2D eigenvalue weighted by atomic mass is 10.1. The van der Waals surface area contributed by atoms with Gasteiger partial charge in [0.15, 0.2) is 0 Å². The fourth-order valence-corrected chi connectivity index (χ4v) is 0. The molecule has 0 aromatic rings. The predicted octanol–water partition coefficient (Wildman–Crippen LogP) is 1.27. The lowest BCUT2D eigenvalue weighted by molar-refractivity contribution is 0.133. The molecule has 0 aliphatic carbocycles. The Morgan fingerprint density at radius 2 is 1.50 bits per heavy atom. The van der Waals surface area contributed by atoms with E-state index in [1.54, 1.807) is 13.8 Å². The molecule has 3 nitrogen and oxygen atoms in total. The summed E-state index contributed by atoms with van der Waals surface area (Å²) in [7, 11) is 0. The molecule has 0 saturated carbocycles. The lowest BCUT2D eigenvalue weighted by Gasteiger charge is -2.07. The Kier molecular flexibility index (Phi) is 9.33. The molecule has 0 amide bonds. The van der Waals surface area contributed by atoms with Crippen LogP contribution in [0.3, 0.4) is 0 Å². The second kappa shape index (κ2) is 4.77. The SMILES string of the molecule is C=CC(C)(C)O.N.N. The summed E-state index contributed by atoms with van der Waals surface area (Å²) in [5.41, 5.74) is -0.694. The van der Waals surface area contributed by atoms with Gasteiger partial charge in [0, 0.05) is 0 Å². The van der Waals surface area contributed by atoms with Gasteiger partial charge in [0.25, 0.3) is 0 Å². The molecule has 0 saturated heterocycles. The minimum Gasteiger partial charge on any atom is -0.386 e. The fourth-order valence-electron chi connectivity index (χ4n) is 0. The van der Waals surface area contributed by atoms with Crippen LogP contribution in [0.2, 0.25) is 0 Å². The van der Waals surface area contributed by atoms with Crippen molar-refractivity contribution in [2.24, 2.45) is 0 Å². The Morgan fingerprint density at radius 1 is 1.38 bits per heavy atom. The highest BCUT2D eigenvalue weighted by atomic mass is 16.3.